The van der Waals surface area contributed by atoms with Gasteiger partial charge in [0.05, 0.1) is 5.92 Å². The van der Waals surface area contributed by atoms with Crippen LogP contribution in [0.4, 0.5) is 5.69 Å². The van der Waals surface area contributed by atoms with Crippen molar-refractivity contribution in [3.05, 3.63) is 23.8 Å². The number of nitrogen functional groups attached to an aromatic ring is 1. The zero-order valence-corrected chi connectivity index (χ0v) is 7.32. The topological polar surface area (TPSA) is 89.3 Å². The van der Waals surface area contributed by atoms with Gasteiger partial charge >= 0.3 is 0 Å². The Balaban J connectivity index is 3.12. The smallest absolute Gasteiger partial charge is 0.224 e. The van der Waals surface area contributed by atoms with Gasteiger partial charge in [0.25, 0.3) is 0 Å². The number of amides is 1. The Hall–Kier alpha value is -1.71. The highest BCUT2D eigenvalue weighted by molar-refractivity contribution is 5.83. The monoisotopic (exact) mass is 180 g/mol. The van der Waals surface area contributed by atoms with Crippen LogP contribution in [0.25, 0.3) is 0 Å². The number of benzene rings is 1. The van der Waals surface area contributed by atoms with Crippen LogP contribution in [0.3, 0.4) is 0 Å². The van der Waals surface area contributed by atoms with Gasteiger partial charge in [0.15, 0.2) is 0 Å². The molecule has 1 rings (SSSR count). The van der Waals surface area contributed by atoms with Crippen molar-refractivity contribution < 1.29 is 9.90 Å². The molecule has 0 aliphatic carbocycles. The molecule has 1 amide bonds. The second-order valence-electron chi connectivity index (χ2n) is 2.94. The van der Waals surface area contributed by atoms with E-state index in [1.807, 2.05) is 0 Å². The molecule has 13 heavy (non-hydrogen) atoms. The van der Waals surface area contributed by atoms with E-state index in [2.05, 4.69) is 0 Å². The standard InChI is InChI=1S/C9H12N2O2/c1-5(9(11)13)7-4-6(12)2-3-8(7)10/h2-5,12H,10H2,1H3,(H2,11,13). The van der Waals surface area contributed by atoms with Gasteiger partial charge in [-0.2, -0.15) is 0 Å². The van der Waals surface area contributed by atoms with Crippen molar-refractivity contribution in [3.63, 3.8) is 0 Å². The molecule has 0 saturated heterocycles. The molecule has 0 spiro atoms. The first kappa shape index (κ1) is 9.38. The first-order chi connectivity index (χ1) is 6.02. The summed E-state index contributed by atoms with van der Waals surface area (Å²) < 4.78 is 0. The van der Waals surface area contributed by atoms with Gasteiger partial charge in [0.2, 0.25) is 5.91 Å². The zero-order chi connectivity index (χ0) is 10.0. The Morgan fingerprint density at radius 2 is 2.15 bits per heavy atom. The van der Waals surface area contributed by atoms with Crippen molar-refractivity contribution in [3.8, 4) is 5.75 Å². The molecular formula is C9H12N2O2. The molecule has 1 atom stereocenters. The fourth-order valence-electron chi connectivity index (χ4n) is 1.09. The van der Waals surface area contributed by atoms with E-state index in [4.69, 9.17) is 16.6 Å². The lowest BCUT2D eigenvalue weighted by molar-refractivity contribution is -0.119. The van der Waals surface area contributed by atoms with Gasteiger partial charge < -0.3 is 16.6 Å². The van der Waals surface area contributed by atoms with Crippen LogP contribution < -0.4 is 11.5 Å². The first-order valence-corrected chi connectivity index (χ1v) is 3.90. The Morgan fingerprint density at radius 1 is 1.54 bits per heavy atom. The van der Waals surface area contributed by atoms with Crippen LogP contribution in [0.2, 0.25) is 0 Å². The van der Waals surface area contributed by atoms with Crippen molar-refractivity contribution in [2.45, 2.75) is 12.8 Å². The van der Waals surface area contributed by atoms with Crippen LogP contribution >= 0.6 is 0 Å². The third-order valence-corrected chi connectivity index (χ3v) is 1.96. The molecule has 0 aromatic heterocycles. The van der Waals surface area contributed by atoms with E-state index in [1.165, 1.54) is 12.1 Å². The molecule has 0 bridgehead atoms. The van der Waals surface area contributed by atoms with Crippen LogP contribution in [0.15, 0.2) is 18.2 Å². The second kappa shape index (κ2) is 3.35. The van der Waals surface area contributed by atoms with Gasteiger partial charge in [-0.25, -0.2) is 0 Å². The fourth-order valence-corrected chi connectivity index (χ4v) is 1.09. The van der Waals surface area contributed by atoms with E-state index in [0.717, 1.165) is 0 Å². The maximum atomic E-state index is 10.8. The third-order valence-electron chi connectivity index (χ3n) is 1.96. The summed E-state index contributed by atoms with van der Waals surface area (Å²) in [5.74, 6) is -0.860. The molecule has 70 valence electrons. The number of hydrogen-bond donors (Lipinski definition) is 3. The summed E-state index contributed by atoms with van der Waals surface area (Å²) in [6.45, 7) is 1.65. The van der Waals surface area contributed by atoms with Crippen LogP contribution in [0.5, 0.6) is 5.75 Å². The summed E-state index contributed by atoms with van der Waals surface area (Å²) in [6, 6.07) is 4.46. The highest BCUT2D eigenvalue weighted by Gasteiger charge is 2.14. The van der Waals surface area contributed by atoms with E-state index in [1.54, 1.807) is 13.0 Å². The lowest BCUT2D eigenvalue weighted by Crippen LogP contribution is -2.19. The summed E-state index contributed by atoms with van der Waals surface area (Å²) in [5, 5.41) is 9.16. The molecule has 4 heteroatoms. The van der Waals surface area contributed by atoms with E-state index >= 15 is 0 Å². The van der Waals surface area contributed by atoms with Crippen LogP contribution in [0, 0.1) is 0 Å². The van der Waals surface area contributed by atoms with E-state index in [0.29, 0.717) is 11.3 Å². The van der Waals surface area contributed by atoms with Crippen LogP contribution in [-0.2, 0) is 4.79 Å². The van der Waals surface area contributed by atoms with Crippen molar-refractivity contribution >= 4 is 11.6 Å². The Kier molecular flexibility index (Phi) is 2.41. The van der Waals surface area contributed by atoms with Crippen LogP contribution in [0.1, 0.15) is 18.4 Å². The number of phenolic OH excluding ortho intramolecular Hbond substituents is 1. The van der Waals surface area contributed by atoms with Crippen molar-refractivity contribution in [2.24, 2.45) is 5.73 Å². The minimum Gasteiger partial charge on any atom is -0.508 e. The molecule has 4 nitrogen and oxygen atoms in total. The molecule has 0 aliphatic rings. The summed E-state index contributed by atoms with van der Waals surface area (Å²) in [7, 11) is 0. The average Bonchev–Trinajstić information content (AvgIpc) is 2.08. The molecule has 5 N–H and O–H groups in total. The molecule has 1 aromatic carbocycles. The summed E-state index contributed by atoms with van der Waals surface area (Å²) in [6.07, 6.45) is 0. The van der Waals surface area contributed by atoms with E-state index in [9.17, 15) is 4.79 Å². The molecule has 0 radical (unpaired) electrons. The third kappa shape index (κ3) is 1.90. The Morgan fingerprint density at radius 3 is 2.69 bits per heavy atom. The molecule has 0 fully saturated rings. The summed E-state index contributed by atoms with van der Waals surface area (Å²) >= 11 is 0. The first-order valence-electron chi connectivity index (χ1n) is 3.90. The van der Waals surface area contributed by atoms with Crippen molar-refractivity contribution in [1.29, 1.82) is 0 Å². The molecule has 1 aromatic rings. The molecule has 0 saturated carbocycles. The Labute approximate surface area is 76.2 Å². The van der Waals surface area contributed by atoms with Gasteiger partial charge in [-0.15, -0.1) is 0 Å². The largest absolute Gasteiger partial charge is 0.508 e. The average molecular weight is 180 g/mol. The predicted molar refractivity (Wildman–Crippen MR) is 50.1 cm³/mol. The Bertz CT molecular complexity index is 336. The number of primary amides is 1. The van der Waals surface area contributed by atoms with Gasteiger partial charge in [-0.1, -0.05) is 0 Å². The number of anilines is 1. The van der Waals surface area contributed by atoms with Crippen molar-refractivity contribution in [2.75, 3.05) is 5.73 Å². The zero-order valence-electron chi connectivity index (χ0n) is 7.32. The number of rotatable bonds is 2. The SMILES string of the molecule is CC(C(N)=O)c1cc(O)ccc1N. The molecule has 0 heterocycles. The lowest BCUT2D eigenvalue weighted by Gasteiger charge is -2.10. The maximum absolute atomic E-state index is 10.8. The number of hydrogen-bond acceptors (Lipinski definition) is 3. The molecule has 1 unspecified atom stereocenters. The normalized spacial score (nSPS) is 12.4. The number of aromatic hydroxyl groups is 1. The highest BCUT2D eigenvalue weighted by Crippen LogP contribution is 2.25. The van der Waals surface area contributed by atoms with Crippen molar-refractivity contribution in [1.82, 2.24) is 0 Å². The van der Waals surface area contributed by atoms with E-state index < -0.39 is 11.8 Å². The summed E-state index contributed by atoms with van der Waals surface area (Å²) in [4.78, 5) is 10.8. The van der Waals surface area contributed by atoms with E-state index in [-0.39, 0.29) is 5.75 Å². The number of carbonyl (C=O) groups is 1. The quantitative estimate of drug-likeness (QED) is 0.459. The van der Waals surface area contributed by atoms with Gasteiger partial charge in [-0.3, -0.25) is 4.79 Å². The maximum Gasteiger partial charge on any atom is 0.224 e. The number of nitrogens with two attached hydrogens (primary N) is 2. The van der Waals surface area contributed by atoms with Gasteiger partial charge in [0, 0.05) is 5.69 Å². The summed E-state index contributed by atoms with van der Waals surface area (Å²) in [5.41, 5.74) is 11.7. The highest BCUT2D eigenvalue weighted by atomic mass is 16.3. The number of phenols is 1. The minimum absolute atomic E-state index is 0.0808. The van der Waals surface area contributed by atoms with Gasteiger partial charge in [-0.05, 0) is 30.7 Å². The molecular weight excluding hydrogens is 168 g/mol. The molecule has 0 aliphatic heterocycles. The minimum atomic E-state index is -0.480. The fraction of sp³-hybridized carbons (Fsp3) is 0.222. The lowest BCUT2D eigenvalue weighted by atomic mass is 9.98. The van der Waals surface area contributed by atoms with Gasteiger partial charge in [0.1, 0.15) is 5.75 Å². The number of carbonyl (C=O) groups excluding carboxylic acids is 1. The predicted octanol–water partition coefficient (Wildman–Crippen LogP) is 0.563. The van der Waals surface area contributed by atoms with Crippen LogP contribution in [-0.4, -0.2) is 11.0 Å². The second-order valence-corrected chi connectivity index (χ2v) is 2.94.